The fraction of sp³-hybridized carbons (Fsp3) is 0.478. The van der Waals surface area contributed by atoms with Crippen molar-refractivity contribution < 1.29 is 0 Å². The SMILES string of the molecule is CN1CCN(Cc2ccc(N3CCCN(c4ccnc(Cl)c4C#N)CC3)cc2)CC1. The maximum absolute atomic E-state index is 9.47. The molecule has 0 amide bonds. The van der Waals surface area contributed by atoms with E-state index in [2.05, 4.69) is 62.0 Å². The van der Waals surface area contributed by atoms with Crippen LogP contribution in [0.5, 0.6) is 0 Å². The molecule has 0 aliphatic carbocycles. The van der Waals surface area contributed by atoms with Gasteiger partial charge in [0.2, 0.25) is 0 Å². The number of anilines is 2. The molecule has 6 nitrogen and oxygen atoms in total. The van der Waals surface area contributed by atoms with Crippen LogP contribution in [0.15, 0.2) is 36.5 Å². The van der Waals surface area contributed by atoms with Crippen molar-refractivity contribution in [2.45, 2.75) is 13.0 Å². The van der Waals surface area contributed by atoms with Crippen molar-refractivity contribution in [3.63, 3.8) is 0 Å². The van der Waals surface area contributed by atoms with Gasteiger partial charge in [0.25, 0.3) is 0 Å². The smallest absolute Gasteiger partial charge is 0.148 e. The van der Waals surface area contributed by atoms with E-state index in [4.69, 9.17) is 11.6 Å². The molecule has 0 radical (unpaired) electrons. The number of benzene rings is 1. The number of nitrogens with zero attached hydrogens (tertiary/aromatic N) is 6. The van der Waals surface area contributed by atoms with Crippen LogP contribution in [0.3, 0.4) is 0 Å². The molecule has 1 aromatic heterocycles. The standard InChI is InChI=1S/C23H29ClN6/c1-27-11-13-28(14-12-27)18-19-3-5-20(6-4-19)29-9-2-10-30(16-15-29)22-7-8-26-23(24)21(22)17-25/h3-8H,2,9-16,18H2,1H3. The van der Waals surface area contributed by atoms with Crippen molar-refractivity contribution in [2.24, 2.45) is 0 Å². The minimum Gasteiger partial charge on any atom is -0.370 e. The molecule has 0 spiro atoms. The number of pyridine rings is 1. The lowest BCUT2D eigenvalue weighted by molar-refractivity contribution is 0.148. The summed E-state index contributed by atoms with van der Waals surface area (Å²) in [6.07, 6.45) is 2.72. The Morgan fingerprint density at radius 3 is 2.37 bits per heavy atom. The first kappa shape index (κ1) is 20.9. The summed E-state index contributed by atoms with van der Waals surface area (Å²) in [5.74, 6) is 0. The zero-order valence-electron chi connectivity index (χ0n) is 17.6. The average molecular weight is 425 g/mol. The van der Waals surface area contributed by atoms with E-state index in [1.807, 2.05) is 6.07 Å². The van der Waals surface area contributed by atoms with Gasteiger partial charge in [-0.3, -0.25) is 4.90 Å². The Morgan fingerprint density at radius 1 is 0.933 bits per heavy atom. The van der Waals surface area contributed by atoms with Crippen LogP contribution in [0, 0.1) is 11.3 Å². The molecule has 2 saturated heterocycles. The van der Waals surface area contributed by atoms with Gasteiger partial charge in [0.15, 0.2) is 0 Å². The Bertz CT molecular complexity index is 886. The molecule has 2 fully saturated rings. The van der Waals surface area contributed by atoms with E-state index >= 15 is 0 Å². The minimum atomic E-state index is 0.284. The number of likely N-dealkylation sites (N-methyl/N-ethyl adjacent to an activating group) is 1. The lowest BCUT2D eigenvalue weighted by atomic mass is 10.1. The van der Waals surface area contributed by atoms with Gasteiger partial charge in [-0.15, -0.1) is 0 Å². The summed E-state index contributed by atoms with van der Waals surface area (Å²) in [6.45, 7) is 9.31. The number of nitriles is 1. The Hall–Kier alpha value is -2.33. The van der Waals surface area contributed by atoms with Crippen molar-refractivity contribution in [1.29, 1.82) is 5.26 Å². The number of aromatic nitrogens is 1. The van der Waals surface area contributed by atoms with Crippen LogP contribution in [-0.4, -0.2) is 74.2 Å². The van der Waals surface area contributed by atoms with Crippen LogP contribution in [-0.2, 0) is 6.54 Å². The molecule has 2 aromatic rings. The van der Waals surface area contributed by atoms with Crippen molar-refractivity contribution in [3.05, 3.63) is 52.8 Å². The van der Waals surface area contributed by atoms with Gasteiger partial charge in [-0.25, -0.2) is 4.98 Å². The highest BCUT2D eigenvalue weighted by Crippen LogP contribution is 2.27. The number of halogens is 1. The largest absolute Gasteiger partial charge is 0.370 e. The third-order valence-electron chi connectivity index (χ3n) is 6.13. The van der Waals surface area contributed by atoms with Crippen molar-refractivity contribution in [1.82, 2.24) is 14.8 Å². The third-order valence-corrected chi connectivity index (χ3v) is 6.42. The maximum atomic E-state index is 9.47. The fourth-order valence-corrected chi connectivity index (χ4v) is 4.48. The zero-order valence-corrected chi connectivity index (χ0v) is 18.4. The second kappa shape index (κ2) is 9.65. The molecule has 0 N–H and O–H groups in total. The molecule has 7 heteroatoms. The minimum absolute atomic E-state index is 0.284. The summed E-state index contributed by atoms with van der Waals surface area (Å²) >= 11 is 6.13. The van der Waals surface area contributed by atoms with Crippen molar-refractivity contribution in [3.8, 4) is 6.07 Å². The van der Waals surface area contributed by atoms with Gasteiger partial charge in [0.1, 0.15) is 16.8 Å². The summed E-state index contributed by atoms with van der Waals surface area (Å²) in [5, 5.41) is 9.75. The highest BCUT2D eigenvalue weighted by molar-refractivity contribution is 6.30. The van der Waals surface area contributed by atoms with Crippen molar-refractivity contribution in [2.75, 3.05) is 69.2 Å². The third kappa shape index (κ3) is 4.86. The molecule has 1 aromatic carbocycles. The second-order valence-corrected chi connectivity index (χ2v) is 8.54. The lowest BCUT2D eigenvalue weighted by Crippen LogP contribution is -2.43. The molecule has 4 rings (SSSR count). The fourth-order valence-electron chi connectivity index (χ4n) is 4.29. The van der Waals surface area contributed by atoms with Crippen molar-refractivity contribution >= 4 is 23.0 Å². The number of piperazine rings is 1. The van der Waals surface area contributed by atoms with Gasteiger partial charge in [-0.1, -0.05) is 23.7 Å². The lowest BCUT2D eigenvalue weighted by Gasteiger charge is -2.32. The zero-order chi connectivity index (χ0) is 20.9. The summed E-state index contributed by atoms with van der Waals surface area (Å²) in [4.78, 5) is 13.7. The van der Waals surface area contributed by atoms with Crippen LogP contribution in [0.25, 0.3) is 0 Å². The van der Waals surface area contributed by atoms with Crippen LogP contribution >= 0.6 is 11.6 Å². The van der Waals surface area contributed by atoms with Crippen LogP contribution in [0.4, 0.5) is 11.4 Å². The van der Waals surface area contributed by atoms with E-state index in [1.165, 1.54) is 11.3 Å². The topological polar surface area (TPSA) is 49.6 Å². The van der Waals surface area contributed by atoms with Crippen LogP contribution in [0.1, 0.15) is 17.5 Å². The molecule has 0 unspecified atom stereocenters. The molecule has 3 heterocycles. The van der Waals surface area contributed by atoms with E-state index in [0.29, 0.717) is 5.56 Å². The average Bonchev–Trinajstić information content (AvgIpc) is 3.02. The van der Waals surface area contributed by atoms with Gasteiger partial charge >= 0.3 is 0 Å². The normalized spacial score (nSPS) is 18.8. The molecule has 0 saturated carbocycles. The van der Waals surface area contributed by atoms with Gasteiger partial charge in [0.05, 0.1) is 5.69 Å². The van der Waals surface area contributed by atoms with Crippen LogP contribution in [0.2, 0.25) is 5.15 Å². The van der Waals surface area contributed by atoms with Crippen LogP contribution < -0.4 is 9.80 Å². The summed E-state index contributed by atoms with van der Waals surface area (Å²) in [6, 6.07) is 13.2. The highest BCUT2D eigenvalue weighted by Gasteiger charge is 2.20. The van der Waals surface area contributed by atoms with E-state index in [-0.39, 0.29) is 5.15 Å². The Labute approximate surface area is 184 Å². The van der Waals surface area contributed by atoms with Gasteiger partial charge in [-0.05, 0) is 37.2 Å². The molecule has 30 heavy (non-hydrogen) atoms. The highest BCUT2D eigenvalue weighted by atomic mass is 35.5. The first-order valence-electron chi connectivity index (χ1n) is 10.7. The first-order valence-corrected chi connectivity index (χ1v) is 11.1. The van der Waals surface area contributed by atoms with Gasteiger partial charge < -0.3 is 14.7 Å². The molecule has 0 bridgehead atoms. The number of hydrogen-bond donors (Lipinski definition) is 0. The Kier molecular flexibility index (Phi) is 6.73. The molecule has 2 aliphatic rings. The second-order valence-electron chi connectivity index (χ2n) is 8.18. The van der Waals surface area contributed by atoms with Gasteiger partial charge in [-0.2, -0.15) is 5.26 Å². The Morgan fingerprint density at radius 2 is 1.63 bits per heavy atom. The summed E-state index contributed by atoms with van der Waals surface area (Å²) < 4.78 is 0. The molecular formula is C23H29ClN6. The van der Waals surface area contributed by atoms with Gasteiger partial charge in [0, 0.05) is 70.8 Å². The first-order chi connectivity index (χ1) is 14.6. The Balaban J connectivity index is 1.38. The molecule has 158 valence electrons. The summed E-state index contributed by atoms with van der Waals surface area (Å²) in [7, 11) is 2.19. The molecule has 2 aliphatic heterocycles. The predicted molar refractivity (Wildman–Crippen MR) is 122 cm³/mol. The van der Waals surface area contributed by atoms with E-state index < -0.39 is 0 Å². The van der Waals surface area contributed by atoms with E-state index in [1.54, 1.807) is 6.20 Å². The predicted octanol–water partition coefficient (Wildman–Crippen LogP) is 3.07. The number of rotatable bonds is 4. The quantitative estimate of drug-likeness (QED) is 0.703. The monoisotopic (exact) mass is 424 g/mol. The summed E-state index contributed by atoms with van der Waals surface area (Å²) in [5.41, 5.74) is 4.01. The van der Waals surface area contributed by atoms with E-state index in [9.17, 15) is 5.26 Å². The maximum Gasteiger partial charge on any atom is 0.148 e. The number of hydrogen-bond acceptors (Lipinski definition) is 6. The molecule has 0 atom stereocenters. The molecular weight excluding hydrogens is 396 g/mol. The van der Waals surface area contributed by atoms with E-state index in [0.717, 1.165) is 71.0 Å².